The molecule has 0 amide bonds. The molecule has 0 spiro atoms. The monoisotopic (exact) mass is 411 g/mol. The molecule has 2 rings (SSSR count). The van der Waals surface area contributed by atoms with E-state index in [1.54, 1.807) is 6.20 Å². The van der Waals surface area contributed by atoms with Crippen molar-refractivity contribution >= 4 is 11.9 Å². The summed E-state index contributed by atoms with van der Waals surface area (Å²) in [7, 11) is 1.99. The molecule has 8 heteroatoms. The first-order chi connectivity index (χ1) is 14.6. The van der Waals surface area contributed by atoms with Gasteiger partial charge < -0.3 is 15.6 Å². The van der Waals surface area contributed by atoms with E-state index < -0.39 is 0 Å². The zero-order valence-electron chi connectivity index (χ0n) is 18.4. The number of nitroso groups, excluding NO2 is 1. The molecule has 1 aliphatic rings. The summed E-state index contributed by atoms with van der Waals surface area (Å²) in [6, 6.07) is 0.372. The van der Waals surface area contributed by atoms with Gasteiger partial charge in [0.2, 0.25) is 0 Å². The van der Waals surface area contributed by atoms with E-state index in [2.05, 4.69) is 48.6 Å². The van der Waals surface area contributed by atoms with E-state index in [0.29, 0.717) is 30.3 Å². The van der Waals surface area contributed by atoms with Gasteiger partial charge in [-0.1, -0.05) is 32.0 Å². The number of hydrogen-bond donors (Lipinski definition) is 2. The van der Waals surface area contributed by atoms with Crippen LogP contribution >= 0.6 is 0 Å². The largest absolute Gasteiger partial charge is 0.390 e. The van der Waals surface area contributed by atoms with Crippen molar-refractivity contribution in [2.45, 2.75) is 52.5 Å². The van der Waals surface area contributed by atoms with Crippen LogP contribution in [0, 0.1) is 10.3 Å². The molecule has 1 aromatic rings. The van der Waals surface area contributed by atoms with Gasteiger partial charge >= 0.3 is 0 Å². The third-order valence-electron chi connectivity index (χ3n) is 5.04. The van der Waals surface area contributed by atoms with Crippen molar-refractivity contribution in [2.75, 3.05) is 20.1 Å². The number of aromatic nitrogens is 2. The molecule has 0 saturated heterocycles. The molecule has 2 N–H and O–H groups in total. The van der Waals surface area contributed by atoms with Crippen LogP contribution in [-0.4, -0.2) is 46.7 Å². The lowest BCUT2D eigenvalue weighted by Gasteiger charge is -2.26. The molecule has 0 saturated carbocycles. The maximum Gasteiger partial charge on any atom is 0.0974 e. The van der Waals surface area contributed by atoms with Crippen molar-refractivity contribution in [2.24, 2.45) is 10.2 Å². The Hall–Kier alpha value is -3.03. The van der Waals surface area contributed by atoms with Gasteiger partial charge in [-0.2, -0.15) is 10.0 Å². The van der Waals surface area contributed by atoms with Gasteiger partial charge in [0.05, 0.1) is 35.9 Å². The van der Waals surface area contributed by atoms with E-state index in [4.69, 9.17) is 10.4 Å². The molecule has 0 fully saturated rings. The number of nitrogens with zero attached hydrogens (tertiary/aromatic N) is 5. The Bertz CT molecular complexity index is 843. The molecular weight excluding hydrogens is 378 g/mol. The third-order valence-corrected chi connectivity index (χ3v) is 5.04. The van der Waals surface area contributed by atoms with Crippen LogP contribution in [-0.2, 0) is 0 Å². The van der Waals surface area contributed by atoms with E-state index >= 15 is 0 Å². The van der Waals surface area contributed by atoms with Crippen LogP contribution in [0.25, 0.3) is 0 Å². The Balaban J connectivity index is 2.37. The van der Waals surface area contributed by atoms with E-state index in [-0.39, 0.29) is 6.54 Å². The predicted molar refractivity (Wildman–Crippen MR) is 123 cm³/mol. The van der Waals surface area contributed by atoms with Gasteiger partial charge in [0.25, 0.3) is 0 Å². The van der Waals surface area contributed by atoms with Crippen LogP contribution in [0.2, 0.25) is 0 Å². The third kappa shape index (κ3) is 5.75. The predicted octanol–water partition coefficient (Wildman–Crippen LogP) is 4.39. The van der Waals surface area contributed by atoms with Crippen molar-refractivity contribution in [3.05, 3.63) is 58.3 Å². The zero-order valence-corrected chi connectivity index (χ0v) is 18.4. The van der Waals surface area contributed by atoms with E-state index in [1.807, 2.05) is 29.0 Å². The lowest BCUT2D eigenvalue weighted by molar-refractivity contribution is 0.428. The van der Waals surface area contributed by atoms with Crippen molar-refractivity contribution in [3.63, 3.8) is 0 Å². The van der Waals surface area contributed by atoms with Gasteiger partial charge in [-0.25, -0.2) is 4.99 Å². The molecular formula is C22H33N7O. The summed E-state index contributed by atoms with van der Waals surface area (Å²) in [5, 5.41) is 18.4. The van der Waals surface area contributed by atoms with Crippen molar-refractivity contribution in [1.29, 1.82) is 5.41 Å². The van der Waals surface area contributed by atoms with Gasteiger partial charge in [-0.3, -0.25) is 4.68 Å². The Morgan fingerprint density at radius 1 is 1.33 bits per heavy atom. The maximum absolute atomic E-state index is 10.2. The first-order valence-electron chi connectivity index (χ1n) is 10.6. The van der Waals surface area contributed by atoms with Gasteiger partial charge in [-0.15, -0.1) is 0 Å². The van der Waals surface area contributed by atoms with E-state index in [1.165, 1.54) is 6.21 Å². The summed E-state index contributed by atoms with van der Waals surface area (Å²) in [5.74, 6) is 0. The van der Waals surface area contributed by atoms with Crippen LogP contribution in [0.4, 0.5) is 0 Å². The number of allylic oxidation sites excluding steroid dienone is 3. The van der Waals surface area contributed by atoms with Gasteiger partial charge in [0.15, 0.2) is 0 Å². The summed E-state index contributed by atoms with van der Waals surface area (Å²) < 4.78 is 2.02. The summed E-state index contributed by atoms with van der Waals surface area (Å²) in [5.41, 5.74) is 4.22. The number of aliphatic imine (C=N–C) groups is 1. The highest BCUT2D eigenvalue weighted by atomic mass is 16.3. The molecule has 30 heavy (non-hydrogen) atoms. The SMILES string of the molecule is CC/C=C1/C(c2cnn(C(CC)CC)c2)=NC(/C(C=N)=C/NCCCN=O)=CN1C. The minimum absolute atomic E-state index is 0.278. The van der Waals surface area contributed by atoms with Crippen LogP contribution in [0.5, 0.6) is 0 Å². The molecule has 0 radical (unpaired) electrons. The van der Waals surface area contributed by atoms with Gasteiger partial charge in [-0.05, 0) is 25.7 Å². The molecule has 0 atom stereocenters. The smallest absolute Gasteiger partial charge is 0.0974 e. The molecule has 0 aromatic carbocycles. The van der Waals surface area contributed by atoms with Crippen molar-refractivity contribution < 1.29 is 0 Å². The summed E-state index contributed by atoms with van der Waals surface area (Å²) in [6.45, 7) is 7.34. The normalized spacial score (nSPS) is 16.0. The number of rotatable bonds is 12. The fraction of sp³-hybridized carbons (Fsp3) is 0.500. The number of likely N-dealkylation sites (N-methyl/N-ethyl adjacent to an activating group) is 1. The first-order valence-corrected chi connectivity index (χ1v) is 10.6. The quantitative estimate of drug-likeness (QED) is 0.303. The Morgan fingerprint density at radius 2 is 2.10 bits per heavy atom. The highest BCUT2D eigenvalue weighted by Crippen LogP contribution is 2.25. The van der Waals surface area contributed by atoms with Gasteiger partial charge in [0.1, 0.15) is 0 Å². The van der Waals surface area contributed by atoms with E-state index in [9.17, 15) is 4.91 Å². The second kappa shape index (κ2) is 11.8. The number of nitrogens with one attached hydrogen (secondary N) is 2. The lowest BCUT2D eigenvalue weighted by atomic mass is 10.1. The molecule has 0 aliphatic carbocycles. The highest BCUT2D eigenvalue weighted by molar-refractivity contribution is 6.13. The van der Waals surface area contributed by atoms with Crippen molar-refractivity contribution in [3.8, 4) is 0 Å². The summed E-state index contributed by atoms with van der Waals surface area (Å²) >= 11 is 0. The molecule has 0 bridgehead atoms. The van der Waals surface area contributed by atoms with Crippen LogP contribution in [0.1, 0.15) is 58.1 Å². The molecule has 0 unspecified atom stereocenters. The standard InChI is InChI=1S/C22H33N7O/c1-5-9-21-22(18-14-25-29(15-18)19(6-2)7-3)27-20(16-28(21)4)17(12-23)13-24-10-8-11-26-30/h9,12-16,19,23-24H,5-8,10-11H2,1-4H3/b17-13+,21-9-,23-12?. The molecule has 1 aliphatic heterocycles. The highest BCUT2D eigenvalue weighted by Gasteiger charge is 2.22. The summed E-state index contributed by atoms with van der Waals surface area (Å²) in [6.07, 6.45) is 14.7. The maximum atomic E-state index is 10.2. The minimum Gasteiger partial charge on any atom is -0.390 e. The second-order valence-corrected chi connectivity index (χ2v) is 7.17. The van der Waals surface area contributed by atoms with Crippen LogP contribution in [0.3, 0.4) is 0 Å². The molecule has 1 aromatic heterocycles. The fourth-order valence-electron chi connectivity index (χ4n) is 3.35. The Morgan fingerprint density at radius 3 is 2.73 bits per heavy atom. The van der Waals surface area contributed by atoms with Gasteiger partial charge in [0, 0.05) is 49.5 Å². The topological polar surface area (TPSA) is 98.7 Å². The van der Waals surface area contributed by atoms with Crippen LogP contribution in [0.15, 0.2) is 58.0 Å². The lowest BCUT2D eigenvalue weighted by Crippen LogP contribution is -2.24. The van der Waals surface area contributed by atoms with Crippen LogP contribution < -0.4 is 5.32 Å². The first kappa shape index (κ1) is 23.3. The molecule has 2 heterocycles. The summed E-state index contributed by atoms with van der Waals surface area (Å²) in [4.78, 5) is 17.1. The molecule has 162 valence electrons. The zero-order chi connectivity index (χ0) is 21.9. The minimum atomic E-state index is 0.278. The fourth-order valence-corrected chi connectivity index (χ4v) is 3.35. The van der Waals surface area contributed by atoms with E-state index in [0.717, 1.165) is 36.2 Å². The Labute approximate surface area is 178 Å². The number of hydrogen-bond acceptors (Lipinski definition) is 7. The average Bonchev–Trinajstić information content (AvgIpc) is 3.23. The Kier molecular flexibility index (Phi) is 9.18. The second-order valence-electron chi connectivity index (χ2n) is 7.17. The molecule has 8 nitrogen and oxygen atoms in total. The average molecular weight is 412 g/mol. The van der Waals surface area contributed by atoms with Crippen molar-refractivity contribution in [1.82, 2.24) is 20.0 Å².